The summed E-state index contributed by atoms with van der Waals surface area (Å²) in [5, 5.41) is 4.20. The molecule has 1 aliphatic rings. The zero-order chi connectivity index (χ0) is 17.4. The van der Waals surface area contributed by atoms with Gasteiger partial charge >= 0.3 is 6.09 Å². The predicted octanol–water partition coefficient (Wildman–Crippen LogP) is 2.05. The van der Waals surface area contributed by atoms with Crippen LogP contribution in [-0.4, -0.2) is 33.0 Å². The summed E-state index contributed by atoms with van der Waals surface area (Å²) in [6, 6.07) is 5.83. The van der Waals surface area contributed by atoms with Crippen molar-refractivity contribution in [3.63, 3.8) is 0 Å². The standard InChI is InChI=1S/C16H17FN4O3/c1-9-7-19-20(8-9)12-5-3-11(4-6-12)13-14(10(2)15(18)22)24-16(23)21(13)17/h3-8,10,13-14H,1-2H3,(H2,18,22). The van der Waals surface area contributed by atoms with Crippen LogP contribution in [0, 0.1) is 12.8 Å². The number of ether oxygens (including phenoxy) is 1. The molecule has 0 saturated carbocycles. The Hall–Kier alpha value is -2.90. The molecule has 2 N–H and O–H groups in total. The molecule has 2 amide bonds. The van der Waals surface area contributed by atoms with Crippen LogP contribution in [0.3, 0.4) is 0 Å². The predicted molar refractivity (Wildman–Crippen MR) is 82.6 cm³/mol. The second-order valence-electron chi connectivity index (χ2n) is 5.85. The van der Waals surface area contributed by atoms with Gasteiger partial charge in [0.05, 0.1) is 17.8 Å². The Morgan fingerprint density at radius 1 is 1.38 bits per heavy atom. The Bertz CT molecular complexity index is 774. The number of nitrogens with two attached hydrogens (primary N) is 1. The molecule has 1 fully saturated rings. The third-order valence-electron chi connectivity index (χ3n) is 4.12. The van der Waals surface area contributed by atoms with Crippen molar-refractivity contribution in [3.8, 4) is 5.69 Å². The number of aromatic nitrogens is 2. The van der Waals surface area contributed by atoms with Gasteiger partial charge in [-0.1, -0.05) is 16.6 Å². The summed E-state index contributed by atoms with van der Waals surface area (Å²) in [6.45, 7) is 3.43. The van der Waals surface area contributed by atoms with Crippen molar-refractivity contribution in [2.75, 3.05) is 0 Å². The lowest BCUT2D eigenvalue weighted by molar-refractivity contribution is -0.124. The first kappa shape index (κ1) is 16.0. The number of cyclic esters (lactones) is 1. The van der Waals surface area contributed by atoms with Crippen molar-refractivity contribution in [1.29, 1.82) is 0 Å². The van der Waals surface area contributed by atoms with E-state index in [9.17, 15) is 14.1 Å². The summed E-state index contributed by atoms with van der Waals surface area (Å²) in [5.74, 6) is -1.47. The summed E-state index contributed by atoms with van der Waals surface area (Å²) in [4.78, 5) is 22.9. The molecule has 0 spiro atoms. The van der Waals surface area contributed by atoms with Crippen LogP contribution in [0.1, 0.15) is 24.1 Å². The van der Waals surface area contributed by atoms with Crippen LogP contribution in [0.2, 0.25) is 0 Å². The van der Waals surface area contributed by atoms with E-state index in [1.807, 2.05) is 13.1 Å². The van der Waals surface area contributed by atoms with Crippen LogP contribution in [0.25, 0.3) is 5.69 Å². The van der Waals surface area contributed by atoms with E-state index >= 15 is 0 Å². The Morgan fingerprint density at radius 3 is 2.58 bits per heavy atom. The molecule has 0 bridgehead atoms. The maximum Gasteiger partial charge on any atom is 0.439 e. The summed E-state index contributed by atoms with van der Waals surface area (Å²) in [6.07, 6.45) is 1.49. The number of benzene rings is 1. The normalized spacial score (nSPS) is 21.6. The first-order chi connectivity index (χ1) is 11.4. The maximum absolute atomic E-state index is 14.2. The largest absolute Gasteiger partial charge is 0.441 e. The first-order valence-electron chi connectivity index (χ1n) is 7.45. The van der Waals surface area contributed by atoms with E-state index in [4.69, 9.17) is 10.5 Å². The number of halogens is 1. The Labute approximate surface area is 137 Å². The maximum atomic E-state index is 14.2. The van der Waals surface area contributed by atoms with Crippen LogP contribution >= 0.6 is 0 Å². The first-order valence-corrected chi connectivity index (χ1v) is 7.45. The number of hydrogen-bond acceptors (Lipinski definition) is 4. The molecule has 1 aromatic heterocycles. The number of carbonyl (C=O) groups is 2. The van der Waals surface area contributed by atoms with Gasteiger partial charge in [-0.3, -0.25) is 4.79 Å². The van der Waals surface area contributed by atoms with Gasteiger partial charge in [0.15, 0.2) is 0 Å². The van der Waals surface area contributed by atoms with Crippen molar-refractivity contribution < 1.29 is 18.8 Å². The number of nitrogens with zero attached hydrogens (tertiary/aromatic N) is 3. The van der Waals surface area contributed by atoms with Crippen LogP contribution in [-0.2, 0) is 9.53 Å². The molecule has 0 radical (unpaired) electrons. The molecule has 7 nitrogen and oxygen atoms in total. The van der Waals surface area contributed by atoms with Crippen LogP contribution in [0.5, 0.6) is 0 Å². The monoisotopic (exact) mass is 332 g/mol. The number of aryl methyl sites for hydroxylation is 1. The second-order valence-corrected chi connectivity index (χ2v) is 5.85. The molecule has 3 rings (SSSR count). The molecule has 3 atom stereocenters. The number of amides is 2. The molecule has 24 heavy (non-hydrogen) atoms. The summed E-state index contributed by atoms with van der Waals surface area (Å²) in [5.41, 5.74) is 7.58. The molecule has 1 aliphatic heterocycles. The van der Waals surface area contributed by atoms with Crippen LogP contribution < -0.4 is 5.73 Å². The van der Waals surface area contributed by atoms with Gasteiger partial charge in [0, 0.05) is 6.20 Å². The quantitative estimate of drug-likeness (QED) is 0.868. The minimum absolute atomic E-state index is 0.00281. The Morgan fingerprint density at radius 2 is 2.04 bits per heavy atom. The fourth-order valence-corrected chi connectivity index (χ4v) is 2.71. The van der Waals surface area contributed by atoms with Gasteiger partial charge in [-0.25, -0.2) is 9.48 Å². The molecular weight excluding hydrogens is 315 g/mol. The van der Waals surface area contributed by atoms with E-state index < -0.39 is 30.1 Å². The lowest BCUT2D eigenvalue weighted by Gasteiger charge is -2.22. The Balaban J connectivity index is 1.91. The van der Waals surface area contributed by atoms with Crippen molar-refractivity contribution in [1.82, 2.24) is 14.9 Å². The van der Waals surface area contributed by atoms with Gasteiger partial charge in [-0.15, -0.1) is 5.12 Å². The molecule has 3 unspecified atom stereocenters. The van der Waals surface area contributed by atoms with Crippen molar-refractivity contribution >= 4 is 12.0 Å². The molecule has 0 aliphatic carbocycles. The fraction of sp³-hybridized carbons (Fsp3) is 0.312. The van der Waals surface area contributed by atoms with Gasteiger partial charge in [-0.2, -0.15) is 5.10 Å². The smallest absolute Gasteiger partial charge is 0.439 e. The van der Waals surface area contributed by atoms with Crippen molar-refractivity contribution in [2.24, 2.45) is 11.7 Å². The molecule has 8 heteroatoms. The van der Waals surface area contributed by atoms with E-state index in [2.05, 4.69) is 5.10 Å². The highest BCUT2D eigenvalue weighted by Gasteiger charge is 2.47. The van der Waals surface area contributed by atoms with Gasteiger partial charge in [-0.05, 0) is 37.1 Å². The highest BCUT2D eigenvalue weighted by atomic mass is 19.2. The molecular formula is C16H17FN4O3. The van der Waals surface area contributed by atoms with E-state index in [1.54, 1.807) is 35.1 Å². The van der Waals surface area contributed by atoms with E-state index in [0.29, 0.717) is 5.56 Å². The molecule has 2 aromatic rings. The summed E-state index contributed by atoms with van der Waals surface area (Å²) >= 11 is 0. The van der Waals surface area contributed by atoms with E-state index in [-0.39, 0.29) is 5.12 Å². The number of hydrogen-bond donors (Lipinski definition) is 1. The van der Waals surface area contributed by atoms with Gasteiger partial charge in [0.25, 0.3) is 0 Å². The third kappa shape index (κ3) is 2.70. The van der Waals surface area contributed by atoms with Gasteiger partial charge in [0.1, 0.15) is 12.1 Å². The van der Waals surface area contributed by atoms with E-state index in [0.717, 1.165) is 11.3 Å². The Kier molecular flexibility index (Phi) is 3.96. The van der Waals surface area contributed by atoms with Crippen molar-refractivity contribution in [2.45, 2.75) is 26.0 Å². The minimum atomic E-state index is -1.12. The van der Waals surface area contributed by atoms with Crippen LogP contribution in [0.15, 0.2) is 36.7 Å². The number of carbonyl (C=O) groups excluding carboxylic acids is 2. The SMILES string of the molecule is Cc1cnn(-c2ccc(C3C(C(C)C(N)=O)OC(=O)N3F)cc2)c1. The fourth-order valence-electron chi connectivity index (χ4n) is 2.71. The zero-order valence-corrected chi connectivity index (χ0v) is 13.2. The lowest BCUT2D eigenvalue weighted by atomic mass is 9.92. The average Bonchev–Trinajstić information content (AvgIpc) is 3.11. The number of primary amides is 1. The average molecular weight is 332 g/mol. The van der Waals surface area contributed by atoms with E-state index in [1.165, 1.54) is 6.92 Å². The zero-order valence-electron chi connectivity index (χ0n) is 13.2. The molecule has 126 valence electrons. The summed E-state index contributed by atoms with van der Waals surface area (Å²) < 4.78 is 20.8. The second kappa shape index (κ2) is 5.95. The summed E-state index contributed by atoms with van der Waals surface area (Å²) in [7, 11) is 0. The topological polar surface area (TPSA) is 90.5 Å². The highest BCUT2D eigenvalue weighted by molar-refractivity contribution is 5.79. The van der Waals surface area contributed by atoms with Crippen LogP contribution in [0.4, 0.5) is 9.28 Å². The highest BCUT2D eigenvalue weighted by Crippen LogP contribution is 2.37. The molecule has 1 aromatic carbocycles. The van der Waals surface area contributed by atoms with Gasteiger partial charge < -0.3 is 10.5 Å². The lowest BCUT2D eigenvalue weighted by Crippen LogP contribution is -2.35. The van der Waals surface area contributed by atoms with Gasteiger partial charge in [0.2, 0.25) is 5.91 Å². The van der Waals surface area contributed by atoms with Crippen molar-refractivity contribution in [3.05, 3.63) is 47.8 Å². The number of rotatable bonds is 4. The minimum Gasteiger partial charge on any atom is -0.441 e. The molecule has 1 saturated heterocycles. The third-order valence-corrected chi connectivity index (χ3v) is 4.12. The molecule has 2 heterocycles.